The minimum Gasteiger partial charge on any atom is -0.550 e. The van der Waals surface area contributed by atoms with Crippen LogP contribution in [0.1, 0.15) is 12.8 Å². The third-order valence-electron chi connectivity index (χ3n) is 1.28. The third-order valence-corrected chi connectivity index (χ3v) is 1.28. The fourth-order valence-corrected chi connectivity index (χ4v) is 0.703. The third kappa shape index (κ3) is 7.85. The molecule has 0 aliphatic heterocycles. The Labute approximate surface area is 127 Å². The number of aliphatic carboxylic acids is 3. The average Bonchev–Trinajstić information content (AvgIpc) is 1.82. The predicted molar refractivity (Wildman–Crippen MR) is 38.1 cm³/mol. The first-order valence-electron chi connectivity index (χ1n) is 3.15. The summed E-state index contributed by atoms with van der Waals surface area (Å²) in [7, 11) is 0. The van der Waals surface area contributed by atoms with Gasteiger partial charge in [0.2, 0.25) is 0 Å². The molecule has 8 nitrogen and oxygen atoms in total. The van der Waals surface area contributed by atoms with Crippen molar-refractivity contribution in [3.63, 3.8) is 0 Å². The van der Waals surface area contributed by atoms with E-state index in [9.17, 15) is 19.5 Å². The molecule has 0 aliphatic rings. The molecule has 0 aromatic carbocycles. The van der Waals surface area contributed by atoms with Crippen LogP contribution in [0.25, 0.3) is 0 Å². The second-order valence-electron chi connectivity index (χ2n) is 2.46. The summed E-state index contributed by atoms with van der Waals surface area (Å²) in [5.41, 5.74) is -2.80. The molecule has 1 unspecified atom stereocenters. The van der Waals surface area contributed by atoms with Crippen molar-refractivity contribution < 1.29 is 91.7 Å². The van der Waals surface area contributed by atoms with Crippen molar-refractivity contribution in [3.8, 4) is 0 Å². The zero-order valence-corrected chi connectivity index (χ0v) is 11.0. The molecule has 9 heteroatoms. The van der Waals surface area contributed by atoms with Gasteiger partial charge in [0, 0.05) is 12.4 Å². The van der Waals surface area contributed by atoms with Crippen LogP contribution >= 0.6 is 0 Å². The summed E-state index contributed by atoms with van der Waals surface area (Å²) in [4.78, 5) is 30.3. The van der Waals surface area contributed by atoms with Crippen LogP contribution in [-0.4, -0.2) is 44.3 Å². The van der Waals surface area contributed by atoms with Gasteiger partial charge in [-0.15, -0.1) is 0 Å². The van der Waals surface area contributed by atoms with E-state index in [2.05, 4.69) is 0 Å². The van der Waals surface area contributed by atoms with Crippen molar-refractivity contribution in [2.24, 2.45) is 0 Å². The molecule has 0 fully saturated rings. The molecule has 0 aromatic rings. The molecule has 0 aromatic heterocycles. The number of carbonyl (C=O) groups excluding carboxylic acids is 1. The molecule has 0 rings (SSSR count). The van der Waals surface area contributed by atoms with Crippen molar-refractivity contribution in [1.29, 1.82) is 0 Å². The van der Waals surface area contributed by atoms with Crippen molar-refractivity contribution in [2.75, 3.05) is 0 Å². The molecule has 1 atom stereocenters. The van der Waals surface area contributed by atoms with Crippen molar-refractivity contribution in [1.82, 2.24) is 0 Å². The Morgan fingerprint density at radius 3 is 1.73 bits per heavy atom. The molecule has 0 spiro atoms. The summed E-state index contributed by atoms with van der Waals surface area (Å²) in [6.07, 6.45) is -2.44. The molecule has 0 amide bonds. The van der Waals surface area contributed by atoms with E-state index < -0.39 is 36.4 Å². The zero-order chi connectivity index (χ0) is 10.6. The molecule has 15 heavy (non-hydrogen) atoms. The van der Waals surface area contributed by atoms with Crippen molar-refractivity contribution in [3.05, 3.63) is 0 Å². The Hall–Kier alpha value is -0.0336. The maximum absolute atomic E-state index is 10.3. The van der Waals surface area contributed by atoms with E-state index in [1.807, 2.05) is 0 Å². The molecular weight excluding hydrogens is 239 g/mol. The number of rotatable bonds is 5. The summed E-state index contributed by atoms with van der Waals surface area (Å²) >= 11 is 0. The van der Waals surface area contributed by atoms with Gasteiger partial charge in [-0.1, -0.05) is 0 Å². The molecular formula is C6H9KO8. The molecule has 0 saturated carbocycles. The van der Waals surface area contributed by atoms with Crippen LogP contribution in [0, 0.1) is 0 Å². The largest absolute Gasteiger partial charge is 1.00 e. The molecule has 82 valence electrons. The summed E-state index contributed by atoms with van der Waals surface area (Å²) in [6, 6.07) is 0. The van der Waals surface area contributed by atoms with Gasteiger partial charge in [-0.3, -0.25) is 4.79 Å². The fourth-order valence-electron chi connectivity index (χ4n) is 0.703. The monoisotopic (exact) mass is 248 g/mol. The Bertz CT molecular complexity index is 234. The molecule has 0 aliphatic carbocycles. The first-order valence-corrected chi connectivity index (χ1v) is 3.15. The van der Waals surface area contributed by atoms with Gasteiger partial charge < -0.3 is 30.7 Å². The van der Waals surface area contributed by atoms with Gasteiger partial charge in [0.1, 0.15) is 0 Å². The maximum atomic E-state index is 10.3. The summed E-state index contributed by atoms with van der Waals surface area (Å²) in [6.45, 7) is 0. The van der Waals surface area contributed by atoms with Crippen LogP contribution in [0.2, 0.25) is 0 Å². The van der Waals surface area contributed by atoms with Gasteiger partial charge >= 0.3 is 63.3 Å². The van der Waals surface area contributed by atoms with E-state index in [0.29, 0.717) is 0 Å². The number of aliphatic hydroxyl groups is 1. The average molecular weight is 248 g/mol. The van der Waals surface area contributed by atoms with Crippen LogP contribution in [0.4, 0.5) is 0 Å². The quantitative estimate of drug-likeness (QED) is 0.406. The van der Waals surface area contributed by atoms with Gasteiger partial charge in [-0.05, 0) is 0 Å². The Morgan fingerprint density at radius 1 is 1.13 bits per heavy atom. The molecule has 0 saturated heterocycles. The zero-order valence-electron chi connectivity index (χ0n) is 7.89. The Morgan fingerprint density at radius 2 is 1.53 bits per heavy atom. The summed E-state index contributed by atoms with van der Waals surface area (Å²) < 4.78 is 0. The van der Waals surface area contributed by atoms with E-state index in [-0.39, 0.29) is 56.9 Å². The number of carboxylic acids is 3. The van der Waals surface area contributed by atoms with Gasteiger partial charge in [0.05, 0.1) is 6.42 Å². The van der Waals surface area contributed by atoms with E-state index in [4.69, 9.17) is 15.3 Å². The Balaban J connectivity index is -0.000000720. The van der Waals surface area contributed by atoms with Crippen LogP contribution in [0.5, 0.6) is 0 Å². The smallest absolute Gasteiger partial charge is 0.550 e. The molecule has 0 radical (unpaired) electrons. The van der Waals surface area contributed by atoms with E-state index in [0.717, 1.165) is 0 Å². The number of carbonyl (C=O) groups is 3. The maximum Gasteiger partial charge on any atom is 1.00 e. The second-order valence-corrected chi connectivity index (χ2v) is 2.46. The number of hydrogen-bond acceptors (Lipinski definition) is 5. The van der Waals surface area contributed by atoms with Crippen molar-refractivity contribution in [2.45, 2.75) is 18.4 Å². The van der Waals surface area contributed by atoms with Crippen LogP contribution < -0.4 is 56.5 Å². The molecule has 0 bridgehead atoms. The molecule has 5 N–H and O–H groups in total. The topological polar surface area (TPSA) is 166 Å². The fraction of sp³-hybridized carbons (Fsp3) is 0.500. The standard InChI is InChI=1S/C6H8O7.K.H2O/c7-3(8)1-6(13,5(11)12)2-4(9)10;;/h13H,1-2H2,(H,7,8)(H,9,10)(H,11,12);;1H2/q;+1;/p-1. The first-order chi connectivity index (χ1) is 5.78. The van der Waals surface area contributed by atoms with Gasteiger partial charge in [-0.25, -0.2) is 4.79 Å². The van der Waals surface area contributed by atoms with E-state index in [1.54, 1.807) is 0 Å². The van der Waals surface area contributed by atoms with Crippen molar-refractivity contribution >= 4 is 17.9 Å². The summed E-state index contributed by atoms with van der Waals surface area (Å²) in [5.74, 6) is -5.34. The van der Waals surface area contributed by atoms with Gasteiger partial charge in [0.15, 0.2) is 5.60 Å². The minimum atomic E-state index is -2.80. The SMILES string of the molecule is O.O=C([O-])CC(O)(CC(=O)O)C(=O)O.[K+]. The molecule has 0 heterocycles. The number of hydrogen-bond donors (Lipinski definition) is 3. The minimum absolute atomic E-state index is 0. The van der Waals surface area contributed by atoms with Crippen LogP contribution in [0.3, 0.4) is 0 Å². The van der Waals surface area contributed by atoms with Crippen LogP contribution in [-0.2, 0) is 14.4 Å². The number of carboxylic acid groups (broad SMARTS) is 3. The second kappa shape index (κ2) is 8.16. The summed E-state index contributed by atoms with van der Waals surface area (Å²) in [5, 5.41) is 35.5. The van der Waals surface area contributed by atoms with Gasteiger partial charge in [0.25, 0.3) is 0 Å². The van der Waals surface area contributed by atoms with E-state index >= 15 is 0 Å². The predicted octanol–water partition coefficient (Wildman–Crippen LogP) is -6.40. The first kappa shape index (κ1) is 20.4. The van der Waals surface area contributed by atoms with Crippen LogP contribution in [0.15, 0.2) is 0 Å². The van der Waals surface area contributed by atoms with E-state index in [1.165, 1.54) is 0 Å². The Kier molecular flexibility index (Phi) is 11.1. The normalized spacial score (nSPS) is 12.6. The van der Waals surface area contributed by atoms with Gasteiger partial charge in [-0.2, -0.15) is 0 Å².